The Morgan fingerprint density at radius 3 is 1.73 bits per heavy atom. The van der Waals surface area contributed by atoms with E-state index in [1.165, 1.54) is 0 Å². The van der Waals surface area contributed by atoms with Gasteiger partial charge in [0.15, 0.2) is 5.78 Å². The lowest BCUT2D eigenvalue weighted by Gasteiger charge is -2.35. The van der Waals surface area contributed by atoms with E-state index in [1.54, 1.807) is 23.5 Å². The summed E-state index contributed by atoms with van der Waals surface area (Å²) in [5, 5.41) is 4.10. The summed E-state index contributed by atoms with van der Waals surface area (Å²) < 4.78 is -1.10. The zero-order valence-electron chi connectivity index (χ0n) is 11.9. The zero-order valence-corrected chi connectivity index (χ0v) is 13.5. The van der Waals surface area contributed by atoms with Gasteiger partial charge in [-0.3, -0.25) is 4.79 Å². The zero-order chi connectivity index (χ0) is 15.0. The first-order valence-electron chi connectivity index (χ1n) is 7.26. The molecule has 0 saturated heterocycles. The van der Waals surface area contributed by atoms with Crippen molar-refractivity contribution in [3.63, 3.8) is 0 Å². The highest BCUT2D eigenvalue weighted by molar-refractivity contribution is 8.05. The number of nitrogens with one attached hydrogen (secondary N) is 2. The number of carbonyl (C=O) groups excluding carboxylic acids is 1. The molecule has 0 aliphatic carbocycles. The number of ketones is 1. The number of rotatable bonds is 4. The molecule has 0 saturated carbocycles. The minimum atomic E-state index is -0.548. The van der Waals surface area contributed by atoms with Crippen LogP contribution >= 0.6 is 23.5 Å². The van der Waals surface area contributed by atoms with E-state index in [1.807, 2.05) is 47.5 Å². The van der Waals surface area contributed by atoms with E-state index >= 15 is 0 Å². The smallest absolute Gasteiger partial charge is 0.178 e. The number of aromatic nitrogens is 2. The highest BCUT2D eigenvalue weighted by Crippen LogP contribution is 2.55. The molecule has 2 unspecified atom stereocenters. The van der Waals surface area contributed by atoms with Gasteiger partial charge in [-0.2, -0.15) is 0 Å². The number of Topliss-reactive ketones (excluding diaryl/α,β-unsaturated/α-hetero) is 1. The summed E-state index contributed by atoms with van der Waals surface area (Å²) in [5.74, 6) is 0.259. The fourth-order valence-electron chi connectivity index (χ4n) is 3.23. The summed E-state index contributed by atoms with van der Waals surface area (Å²) in [4.78, 5) is 20.3. The van der Waals surface area contributed by atoms with Crippen LogP contribution in [0.3, 0.4) is 0 Å². The first-order chi connectivity index (χ1) is 10.8. The molecule has 0 bridgehead atoms. The van der Waals surface area contributed by atoms with Crippen LogP contribution in [0.4, 0.5) is 0 Å². The van der Waals surface area contributed by atoms with Crippen molar-refractivity contribution in [3.05, 3.63) is 71.0 Å². The maximum absolute atomic E-state index is 13.7. The second-order valence-corrected chi connectivity index (χ2v) is 7.95. The molecule has 0 aromatic carbocycles. The lowest BCUT2D eigenvalue weighted by atomic mass is 9.83. The largest absolute Gasteiger partial charge is 0.363 e. The molecule has 22 heavy (non-hydrogen) atoms. The molecule has 2 aromatic rings. The third-order valence-electron chi connectivity index (χ3n) is 4.34. The van der Waals surface area contributed by atoms with E-state index in [0.29, 0.717) is 0 Å². The van der Waals surface area contributed by atoms with Crippen LogP contribution in [0.25, 0.3) is 0 Å². The van der Waals surface area contributed by atoms with Gasteiger partial charge in [0.05, 0.1) is 0 Å². The predicted molar refractivity (Wildman–Crippen MR) is 92.6 cm³/mol. The van der Waals surface area contributed by atoms with Gasteiger partial charge in [0.1, 0.15) is 9.49 Å². The molecule has 0 radical (unpaired) electrons. The molecule has 0 fully saturated rings. The molecule has 2 N–H and O–H groups in total. The van der Waals surface area contributed by atoms with Crippen molar-refractivity contribution in [3.8, 4) is 0 Å². The Morgan fingerprint density at radius 2 is 1.41 bits per heavy atom. The lowest BCUT2D eigenvalue weighted by molar-refractivity contribution is -0.124. The summed E-state index contributed by atoms with van der Waals surface area (Å²) in [6.45, 7) is 0. The molecule has 0 amide bonds. The molecule has 2 aliphatic rings. The average molecular weight is 328 g/mol. The normalized spacial score (nSPS) is 30.2. The summed E-state index contributed by atoms with van der Waals surface area (Å²) in [5.41, 5.74) is 1.98. The van der Waals surface area contributed by atoms with Gasteiger partial charge >= 0.3 is 0 Å². The van der Waals surface area contributed by atoms with Gasteiger partial charge in [0.25, 0.3) is 0 Å². The molecule has 2 atom stereocenters. The van der Waals surface area contributed by atoms with Crippen molar-refractivity contribution in [2.45, 2.75) is 22.3 Å². The van der Waals surface area contributed by atoms with Crippen molar-refractivity contribution in [1.29, 1.82) is 0 Å². The predicted octanol–water partition coefficient (Wildman–Crippen LogP) is 4.30. The Labute approximate surface area is 137 Å². The summed E-state index contributed by atoms with van der Waals surface area (Å²) in [6, 6.07) is 7.97. The number of thioether (sulfide) groups is 2. The highest BCUT2D eigenvalue weighted by Gasteiger charge is 2.54. The number of aromatic amines is 2. The highest BCUT2D eigenvalue weighted by atomic mass is 32.2. The van der Waals surface area contributed by atoms with E-state index in [0.717, 1.165) is 24.2 Å². The first-order valence-corrected chi connectivity index (χ1v) is 9.02. The van der Waals surface area contributed by atoms with Crippen LogP contribution in [0, 0.1) is 0 Å². The Kier molecular flexibility index (Phi) is 3.35. The maximum Gasteiger partial charge on any atom is 0.178 e. The third kappa shape index (κ3) is 1.88. The van der Waals surface area contributed by atoms with Crippen LogP contribution < -0.4 is 0 Å². The van der Waals surface area contributed by atoms with Crippen LogP contribution in [-0.2, 0) is 14.3 Å². The van der Waals surface area contributed by atoms with Gasteiger partial charge in [-0.25, -0.2) is 0 Å². The summed E-state index contributed by atoms with van der Waals surface area (Å²) >= 11 is 3.24. The van der Waals surface area contributed by atoms with E-state index in [4.69, 9.17) is 0 Å². The van der Waals surface area contributed by atoms with Crippen LogP contribution in [-0.4, -0.2) is 15.8 Å². The van der Waals surface area contributed by atoms with Gasteiger partial charge < -0.3 is 9.97 Å². The van der Waals surface area contributed by atoms with Crippen LogP contribution in [0.2, 0.25) is 0 Å². The van der Waals surface area contributed by atoms with Gasteiger partial charge in [-0.05, 0) is 47.9 Å². The second-order valence-electron chi connectivity index (χ2n) is 5.54. The molecule has 0 spiro atoms. The van der Waals surface area contributed by atoms with E-state index < -0.39 is 9.49 Å². The quantitative estimate of drug-likeness (QED) is 0.879. The van der Waals surface area contributed by atoms with E-state index in [-0.39, 0.29) is 5.78 Å². The van der Waals surface area contributed by atoms with Crippen LogP contribution in [0.1, 0.15) is 24.2 Å². The SMILES string of the molecule is O=C(C1(c2ccc[nH]2)CC=CS1)C1(c2ccc[nH]2)CC=CS1. The average Bonchev–Trinajstić information content (AvgIpc) is 3.36. The summed E-state index contributed by atoms with van der Waals surface area (Å²) in [7, 11) is 0. The van der Waals surface area contributed by atoms with Crippen LogP contribution in [0.5, 0.6) is 0 Å². The molecule has 4 rings (SSSR count). The second kappa shape index (κ2) is 5.25. The minimum Gasteiger partial charge on any atom is -0.363 e. The third-order valence-corrected chi connectivity index (χ3v) is 6.95. The van der Waals surface area contributed by atoms with Crippen molar-refractivity contribution >= 4 is 29.3 Å². The molecule has 2 aliphatic heterocycles. The molecule has 5 heteroatoms. The Bertz CT molecular complexity index is 651. The Hall–Kier alpha value is -1.59. The number of allylic oxidation sites excluding steroid dienone is 2. The number of hydrogen-bond acceptors (Lipinski definition) is 3. The van der Waals surface area contributed by atoms with Gasteiger partial charge in [-0.15, -0.1) is 23.5 Å². The van der Waals surface area contributed by atoms with Gasteiger partial charge in [0.2, 0.25) is 0 Å². The molecule has 112 valence electrons. The number of H-pyrrole nitrogens is 2. The van der Waals surface area contributed by atoms with Crippen molar-refractivity contribution in [1.82, 2.24) is 9.97 Å². The maximum atomic E-state index is 13.7. The van der Waals surface area contributed by atoms with Crippen molar-refractivity contribution in [2.24, 2.45) is 0 Å². The molecular weight excluding hydrogens is 312 g/mol. The van der Waals surface area contributed by atoms with Gasteiger partial charge in [0, 0.05) is 23.8 Å². The molecule has 3 nitrogen and oxygen atoms in total. The van der Waals surface area contributed by atoms with Crippen molar-refractivity contribution in [2.75, 3.05) is 0 Å². The van der Waals surface area contributed by atoms with Crippen LogP contribution in [0.15, 0.2) is 59.6 Å². The van der Waals surface area contributed by atoms with Gasteiger partial charge in [-0.1, -0.05) is 12.2 Å². The fourth-order valence-corrected chi connectivity index (χ4v) is 5.60. The minimum absolute atomic E-state index is 0.259. The Balaban J connectivity index is 1.81. The van der Waals surface area contributed by atoms with E-state index in [9.17, 15) is 4.79 Å². The molecular formula is C17H16N2OS2. The van der Waals surface area contributed by atoms with E-state index in [2.05, 4.69) is 22.1 Å². The monoisotopic (exact) mass is 328 g/mol. The Morgan fingerprint density at radius 1 is 0.909 bits per heavy atom. The molecule has 4 heterocycles. The number of carbonyl (C=O) groups is 1. The number of hydrogen-bond donors (Lipinski definition) is 2. The topological polar surface area (TPSA) is 48.6 Å². The van der Waals surface area contributed by atoms with Crippen molar-refractivity contribution < 1.29 is 4.79 Å². The standard InChI is InChI=1S/C17H16N2OS2/c20-15(16(7-3-11-21-16)13-5-1-9-18-13)17(8-4-12-22-17)14-6-2-10-19-14/h1-6,9-12,18-19H,7-8H2. The lowest BCUT2D eigenvalue weighted by Crippen LogP contribution is -2.44. The molecule has 2 aromatic heterocycles. The first kappa shape index (κ1) is 14.0. The summed E-state index contributed by atoms with van der Waals surface area (Å²) in [6.07, 6.45) is 9.45. The fraction of sp³-hybridized carbons (Fsp3) is 0.235.